The zero-order chi connectivity index (χ0) is 16.2. The first-order valence-electron chi connectivity index (χ1n) is 7.79. The van der Waals surface area contributed by atoms with E-state index in [0.717, 1.165) is 41.4 Å². The predicted molar refractivity (Wildman–Crippen MR) is 92.6 cm³/mol. The molecular formula is C18H16N6. The summed E-state index contributed by atoms with van der Waals surface area (Å²) in [5.74, 6) is 0.812. The second kappa shape index (κ2) is 6.45. The molecule has 0 amide bonds. The Morgan fingerprint density at radius 1 is 0.917 bits per heavy atom. The third kappa shape index (κ3) is 2.94. The third-order valence-corrected chi connectivity index (χ3v) is 3.75. The minimum Gasteiger partial charge on any atom is -0.368 e. The average molecular weight is 316 g/mol. The Bertz CT molecular complexity index is 934. The predicted octanol–water partition coefficient (Wildman–Crippen LogP) is 2.84. The van der Waals surface area contributed by atoms with Gasteiger partial charge in [0.2, 0.25) is 0 Å². The Kier molecular flexibility index (Phi) is 3.85. The molecule has 0 atom stereocenters. The zero-order valence-electron chi connectivity index (χ0n) is 13.0. The summed E-state index contributed by atoms with van der Waals surface area (Å²) in [6.07, 6.45) is 8.02. The summed E-state index contributed by atoms with van der Waals surface area (Å²) in [7, 11) is 0. The van der Waals surface area contributed by atoms with Crippen molar-refractivity contribution in [3.63, 3.8) is 0 Å². The molecule has 0 saturated heterocycles. The van der Waals surface area contributed by atoms with E-state index in [9.17, 15) is 0 Å². The summed E-state index contributed by atoms with van der Waals surface area (Å²) in [4.78, 5) is 12.8. The van der Waals surface area contributed by atoms with E-state index in [1.54, 1.807) is 12.4 Å². The van der Waals surface area contributed by atoms with E-state index >= 15 is 0 Å². The largest absolute Gasteiger partial charge is 0.368 e. The maximum atomic E-state index is 4.64. The fourth-order valence-electron chi connectivity index (χ4n) is 2.55. The van der Waals surface area contributed by atoms with Gasteiger partial charge in [-0.05, 0) is 36.4 Å². The molecule has 4 heterocycles. The summed E-state index contributed by atoms with van der Waals surface area (Å²) in [5.41, 5.74) is 3.86. The van der Waals surface area contributed by atoms with Crippen LogP contribution >= 0.6 is 0 Å². The van der Waals surface area contributed by atoms with Crippen molar-refractivity contribution in [3.8, 4) is 11.3 Å². The molecule has 24 heavy (non-hydrogen) atoms. The number of fused-ring (bicyclic) bond motifs is 1. The molecule has 0 aliphatic heterocycles. The van der Waals surface area contributed by atoms with Crippen LogP contribution in [0.25, 0.3) is 16.9 Å². The number of imidazole rings is 1. The monoisotopic (exact) mass is 316 g/mol. The normalized spacial score (nSPS) is 10.8. The number of hydrogen-bond acceptors (Lipinski definition) is 5. The summed E-state index contributed by atoms with van der Waals surface area (Å²) in [6.45, 7) is 0.773. The second-order valence-electron chi connectivity index (χ2n) is 5.37. The fraction of sp³-hybridized carbons (Fsp3) is 0.111. The van der Waals surface area contributed by atoms with Gasteiger partial charge in [-0.1, -0.05) is 6.07 Å². The van der Waals surface area contributed by atoms with Crippen LogP contribution in [0.15, 0.2) is 67.3 Å². The number of nitrogens with zero attached hydrogens (tertiary/aromatic N) is 5. The van der Waals surface area contributed by atoms with Crippen molar-refractivity contribution in [3.05, 3.63) is 72.9 Å². The van der Waals surface area contributed by atoms with E-state index in [-0.39, 0.29) is 0 Å². The molecule has 0 saturated carbocycles. The quantitative estimate of drug-likeness (QED) is 0.613. The van der Waals surface area contributed by atoms with Gasteiger partial charge >= 0.3 is 0 Å². The molecule has 0 fully saturated rings. The Morgan fingerprint density at radius 3 is 2.67 bits per heavy atom. The van der Waals surface area contributed by atoms with E-state index < -0.39 is 0 Å². The molecule has 6 heteroatoms. The minimum atomic E-state index is 0.773. The van der Waals surface area contributed by atoms with Crippen LogP contribution in [-0.2, 0) is 6.42 Å². The van der Waals surface area contributed by atoms with Gasteiger partial charge in [0.05, 0.1) is 11.9 Å². The van der Waals surface area contributed by atoms with E-state index in [2.05, 4.69) is 25.4 Å². The smallest absolute Gasteiger partial charge is 0.154 e. The highest BCUT2D eigenvalue weighted by atomic mass is 15.3. The molecule has 0 spiro atoms. The molecule has 4 rings (SSSR count). The van der Waals surface area contributed by atoms with Crippen molar-refractivity contribution in [1.29, 1.82) is 0 Å². The molecule has 0 aliphatic carbocycles. The SMILES string of the molecule is c1ccc(CCNc2ccc3ncc(-c4ccncc4)n3n2)nc1. The molecule has 4 aromatic heterocycles. The van der Waals surface area contributed by atoms with E-state index in [1.165, 1.54) is 0 Å². The van der Waals surface area contributed by atoms with Gasteiger partial charge in [-0.25, -0.2) is 9.50 Å². The third-order valence-electron chi connectivity index (χ3n) is 3.75. The van der Waals surface area contributed by atoms with Crippen molar-refractivity contribution in [1.82, 2.24) is 24.6 Å². The first kappa shape index (κ1) is 14.3. The minimum absolute atomic E-state index is 0.773. The molecule has 6 nitrogen and oxygen atoms in total. The van der Waals surface area contributed by atoms with E-state index in [4.69, 9.17) is 0 Å². The molecule has 1 N–H and O–H groups in total. The lowest BCUT2D eigenvalue weighted by molar-refractivity contribution is 0.907. The fourth-order valence-corrected chi connectivity index (χ4v) is 2.55. The molecule has 0 aromatic carbocycles. The van der Waals surface area contributed by atoms with Gasteiger partial charge in [0.15, 0.2) is 5.65 Å². The van der Waals surface area contributed by atoms with Crippen LogP contribution in [0.1, 0.15) is 5.69 Å². The molecular weight excluding hydrogens is 300 g/mol. The number of nitrogens with one attached hydrogen (secondary N) is 1. The number of pyridine rings is 2. The zero-order valence-corrected chi connectivity index (χ0v) is 13.0. The van der Waals surface area contributed by atoms with Crippen LogP contribution < -0.4 is 5.32 Å². The lowest BCUT2D eigenvalue weighted by Gasteiger charge is -2.07. The van der Waals surface area contributed by atoms with Crippen LogP contribution in [-0.4, -0.2) is 31.1 Å². The molecule has 0 aliphatic rings. The standard InChI is InChI=1S/C18H16N6/c1-2-9-20-15(3-1)8-12-21-17-4-5-18-22-13-16(24(18)23-17)14-6-10-19-11-7-14/h1-7,9-11,13H,8,12H2,(H,21,23). The highest BCUT2D eigenvalue weighted by Gasteiger charge is 2.07. The molecule has 4 aromatic rings. The maximum absolute atomic E-state index is 4.64. The van der Waals surface area contributed by atoms with Crippen molar-refractivity contribution in [2.45, 2.75) is 6.42 Å². The van der Waals surface area contributed by atoms with E-state index in [0.29, 0.717) is 0 Å². The first-order chi connectivity index (χ1) is 11.9. The van der Waals surface area contributed by atoms with Crippen molar-refractivity contribution < 1.29 is 0 Å². The number of rotatable bonds is 5. The molecule has 118 valence electrons. The molecule has 0 unspecified atom stereocenters. The van der Waals surface area contributed by atoms with Gasteiger partial charge in [-0.3, -0.25) is 9.97 Å². The average Bonchev–Trinajstić information content (AvgIpc) is 3.07. The van der Waals surface area contributed by atoms with Crippen molar-refractivity contribution >= 4 is 11.5 Å². The summed E-state index contributed by atoms with van der Waals surface area (Å²) < 4.78 is 1.85. The van der Waals surface area contributed by atoms with Gasteiger partial charge in [0.1, 0.15) is 5.82 Å². The maximum Gasteiger partial charge on any atom is 0.154 e. The van der Waals surface area contributed by atoms with Gasteiger partial charge in [0.25, 0.3) is 0 Å². The highest BCUT2D eigenvalue weighted by molar-refractivity contribution is 5.63. The lowest BCUT2D eigenvalue weighted by atomic mass is 10.2. The Labute approximate surface area is 139 Å². The van der Waals surface area contributed by atoms with Gasteiger partial charge in [-0.15, -0.1) is 5.10 Å². The van der Waals surface area contributed by atoms with Crippen LogP contribution in [0, 0.1) is 0 Å². The van der Waals surface area contributed by atoms with Crippen LogP contribution in [0.5, 0.6) is 0 Å². The lowest BCUT2D eigenvalue weighted by Crippen LogP contribution is -2.09. The van der Waals surface area contributed by atoms with Gasteiger partial charge in [0, 0.05) is 42.8 Å². The van der Waals surface area contributed by atoms with Crippen molar-refractivity contribution in [2.75, 3.05) is 11.9 Å². The van der Waals surface area contributed by atoms with Crippen LogP contribution in [0.4, 0.5) is 5.82 Å². The molecule has 0 radical (unpaired) electrons. The van der Waals surface area contributed by atoms with E-state index in [1.807, 2.05) is 59.4 Å². The van der Waals surface area contributed by atoms with Gasteiger partial charge < -0.3 is 5.32 Å². The Hall–Kier alpha value is -3.28. The molecule has 0 bridgehead atoms. The van der Waals surface area contributed by atoms with Crippen LogP contribution in [0.2, 0.25) is 0 Å². The summed E-state index contributed by atoms with van der Waals surface area (Å²) in [5, 5.41) is 7.99. The number of anilines is 1. The topological polar surface area (TPSA) is 68.0 Å². The van der Waals surface area contributed by atoms with Gasteiger partial charge in [-0.2, -0.15) is 0 Å². The highest BCUT2D eigenvalue weighted by Crippen LogP contribution is 2.19. The van der Waals surface area contributed by atoms with Crippen molar-refractivity contribution in [2.24, 2.45) is 0 Å². The second-order valence-corrected chi connectivity index (χ2v) is 5.37. The first-order valence-corrected chi connectivity index (χ1v) is 7.79. The Morgan fingerprint density at radius 2 is 1.83 bits per heavy atom. The van der Waals surface area contributed by atoms with Crippen LogP contribution in [0.3, 0.4) is 0 Å². The number of aromatic nitrogens is 5. The Balaban J connectivity index is 1.54. The summed E-state index contributed by atoms with van der Waals surface area (Å²) >= 11 is 0. The number of hydrogen-bond donors (Lipinski definition) is 1. The summed E-state index contributed by atoms with van der Waals surface area (Å²) in [6, 6.07) is 13.7.